The number of unbranched alkanes of at least 4 members (excludes halogenated alkanes) is 5. The van der Waals surface area contributed by atoms with E-state index in [1.165, 1.54) is 12.1 Å². The second-order valence-corrected chi connectivity index (χ2v) is 11.3. The fourth-order valence-electron chi connectivity index (χ4n) is 4.71. The molecule has 6 N–H and O–H groups in total. The van der Waals surface area contributed by atoms with Gasteiger partial charge in [-0.1, -0.05) is 19.3 Å². The Morgan fingerprint density at radius 1 is 0.872 bits per heavy atom. The van der Waals surface area contributed by atoms with Crippen LogP contribution in [0.1, 0.15) is 77.0 Å². The van der Waals surface area contributed by atoms with Crippen LogP contribution in [-0.4, -0.2) is 74.9 Å². The SMILES string of the molecule is O=C(CCCCCNC(=O)CCCCC1SCC2NC(=O)NC21)NCCCCCC(=O)On1c(O)ccc1O. The Morgan fingerprint density at radius 3 is 2.10 bits per heavy atom. The van der Waals surface area contributed by atoms with Crippen molar-refractivity contribution in [1.29, 1.82) is 0 Å². The molecule has 3 rings (SSSR count). The van der Waals surface area contributed by atoms with Crippen LogP contribution in [0.5, 0.6) is 11.8 Å². The van der Waals surface area contributed by atoms with Gasteiger partial charge in [-0.25, -0.2) is 9.59 Å². The maximum Gasteiger partial charge on any atom is 0.333 e. The maximum absolute atomic E-state index is 12.0. The maximum atomic E-state index is 12.0. The molecule has 0 aliphatic carbocycles. The number of aromatic hydroxyl groups is 2. The highest BCUT2D eigenvalue weighted by Crippen LogP contribution is 2.33. The van der Waals surface area contributed by atoms with Crippen LogP contribution in [0.15, 0.2) is 12.1 Å². The summed E-state index contributed by atoms with van der Waals surface area (Å²) in [5.74, 6) is -0.257. The van der Waals surface area contributed by atoms with Gasteiger partial charge in [-0.2, -0.15) is 11.8 Å². The van der Waals surface area contributed by atoms with E-state index in [0.717, 1.165) is 57.1 Å². The van der Waals surface area contributed by atoms with Gasteiger partial charge in [0.05, 0.1) is 12.1 Å². The third-order valence-corrected chi connectivity index (χ3v) is 8.36. The van der Waals surface area contributed by atoms with E-state index >= 15 is 0 Å². The Labute approximate surface area is 232 Å². The molecule has 2 aliphatic rings. The standard InChI is InChI=1S/C26H41N5O7S/c32-20(27-16-8-2-4-12-24(36)38-31-22(34)13-14-23(31)35)10-3-1-7-15-28-21(33)11-6-5-9-19-25-18(17-39-19)29-26(37)30-25/h13-14,18-19,25,34-35H,1-12,15-17H2,(H,27,32)(H,28,33)(H2,29,30,37). The van der Waals surface area contributed by atoms with Gasteiger partial charge in [0, 0.05) is 55.5 Å². The smallest absolute Gasteiger partial charge is 0.333 e. The first-order chi connectivity index (χ1) is 18.8. The van der Waals surface area contributed by atoms with Gasteiger partial charge in [0.15, 0.2) is 0 Å². The number of thioether (sulfide) groups is 1. The van der Waals surface area contributed by atoms with Gasteiger partial charge in [-0.15, -0.1) is 4.73 Å². The molecular formula is C26H41N5O7S. The molecule has 0 radical (unpaired) electrons. The largest absolute Gasteiger partial charge is 0.492 e. The van der Waals surface area contributed by atoms with Crippen molar-refractivity contribution in [3.05, 3.63) is 12.1 Å². The molecule has 3 atom stereocenters. The number of hydrogen-bond donors (Lipinski definition) is 6. The number of carbonyl (C=O) groups excluding carboxylic acids is 4. The molecule has 2 aliphatic heterocycles. The summed E-state index contributed by atoms with van der Waals surface area (Å²) in [4.78, 5) is 52.1. The van der Waals surface area contributed by atoms with Crippen molar-refractivity contribution in [3.8, 4) is 11.8 Å². The first-order valence-corrected chi connectivity index (χ1v) is 14.9. The van der Waals surface area contributed by atoms with Crippen molar-refractivity contribution in [1.82, 2.24) is 26.0 Å². The molecule has 0 aromatic carbocycles. The van der Waals surface area contributed by atoms with E-state index in [0.29, 0.717) is 42.3 Å². The number of amides is 4. The summed E-state index contributed by atoms with van der Waals surface area (Å²) >= 11 is 1.89. The molecule has 3 unspecified atom stereocenters. The summed E-state index contributed by atoms with van der Waals surface area (Å²) in [6.07, 6.45) is 8.42. The molecule has 2 fully saturated rings. The Balaban J connectivity index is 1.07. The number of urea groups is 1. The zero-order valence-corrected chi connectivity index (χ0v) is 23.1. The molecule has 1 aromatic heterocycles. The minimum absolute atomic E-state index is 0.00305. The monoisotopic (exact) mass is 567 g/mol. The Bertz CT molecular complexity index is 953. The van der Waals surface area contributed by atoms with Gasteiger partial charge in [0.2, 0.25) is 23.6 Å². The van der Waals surface area contributed by atoms with Crippen LogP contribution in [0.4, 0.5) is 4.79 Å². The molecule has 218 valence electrons. The van der Waals surface area contributed by atoms with Gasteiger partial charge >= 0.3 is 12.0 Å². The summed E-state index contributed by atoms with van der Waals surface area (Å²) in [5, 5.41) is 31.1. The second-order valence-electron chi connectivity index (χ2n) is 10.00. The molecule has 0 spiro atoms. The molecule has 0 saturated carbocycles. The van der Waals surface area contributed by atoms with E-state index in [2.05, 4.69) is 21.3 Å². The predicted molar refractivity (Wildman–Crippen MR) is 146 cm³/mol. The number of fused-ring (bicyclic) bond motifs is 1. The van der Waals surface area contributed by atoms with Gasteiger partial charge in [0.25, 0.3) is 0 Å². The van der Waals surface area contributed by atoms with Crippen molar-refractivity contribution >= 4 is 35.6 Å². The Hall–Kier alpha value is -3.09. The minimum atomic E-state index is -0.562. The van der Waals surface area contributed by atoms with Crippen LogP contribution in [0.2, 0.25) is 0 Å². The molecule has 1 aromatic rings. The molecular weight excluding hydrogens is 526 g/mol. The van der Waals surface area contributed by atoms with Crippen molar-refractivity contribution in [2.75, 3.05) is 18.8 Å². The van der Waals surface area contributed by atoms with Crippen LogP contribution < -0.4 is 26.1 Å². The summed E-state index contributed by atoms with van der Waals surface area (Å²) in [5.41, 5.74) is 0. The molecule has 12 nitrogen and oxygen atoms in total. The quantitative estimate of drug-likeness (QED) is 0.115. The summed E-state index contributed by atoms with van der Waals surface area (Å²) < 4.78 is 0.667. The van der Waals surface area contributed by atoms with E-state index < -0.39 is 5.97 Å². The first kappa shape index (κ1) is 30.5. The van der Waals surface area contributed by atoms with Crippen molar-refractivity contribution in [2.45, 2.75) is 94.4 Å². The summed E-state index contributed by atoms with van der Waals surface area (Å²) in [7, 11) is 0. The van der Waals surface area contributed by atoms with E-state index in [9.17, 15) is 29.4 Å². The molecule has 0 bridgehead atoms. The zero-order chi connectivity index (χ0) is 28.0. The number of carbonyl (C=O) groups is 4. The van der Waals surface area contributed by atoms with E-state index in [-0.39, 0.29) is 48.1 Å². The van der Waals surface area contributed by atoms with Crippen LogP contribution in [0.3, 0.4) is 0 Å². The molecule has 39 heavy (non-hydrogen) atoms. The van der Waals surface area contributed by atoms with Crippen molar-refractivity contribution < 1.29 is 34.2 Å². The van der Waals surface area contributed by atoms with Gasteiger partial charge < -0.3 is 36.3 Å². The second kappa shape index (κ2) is 16.1. The molecule has 4 amide bonds. The lowest BCUT2D eigenvalue weighted by Crippen LogP contribution is -2.36. The number of nitrogens with one attached hydrogen (secondary N) is 4. The molecule has 2 saturated heterocycles. The summed E-state index contributed by atoms with van der Waals surface area (Å²) in [6.45, 7) is 1.15. The third-order valence-electron chi connectivity index (χ3n) is 6.85. The average Bonchev–Trinajstić information content (AvgIpc) is 3.56. The fourth-order valence-corrected chi connectivity index (χ4v) is 6.25. The highest BCUT2D eigenvalue weighted by atomic mass is 32.2. The predicted octanol–water partition coefficient (Wildman–Crippen LogP) is 1.93. The van der Waals surface area contributed by atoms with E-state index in [1.807, 2.05) is 11.8 Å². The summed E-state index contributed by atoms with van der Waals surface area (Å²) in [6, 6.07) is 2.82. The van der Waals surface area contributed by atoms with Crippen LogP contribution >= 0.6 is 11.8 Å². The minimum Gasteiger partial charge on any atom is -0.492 e. The van der Waals surface area contributed by atoms with Gasteiger partial charge in [-0.05, 0) is 38.5 Å². The normalized spacial score (nSPS) is 19.7. The highest BCUT2D eigenvalue weighted by molar-refractivity contribution is 8.00. The van der Waals surface area contributed by atoms with E-state index in [4.69, 9.17) is 4.84 Å². The Kier molecular flexibility index (Phi) is 12.6. The molecule has 3 heterocycles. The topological polar surface area (TPSA) is 171 Å². The number of nitrogens with zero attached hydrogens (tertiary/aromatic N) is 1. The molecule has 13 heteroatoms. The Morgan fingerprint density at radius 2 is 1.46 bits per heavy atom. The van der Waals surface area contributed by atoms with Crippen LogP contribution in [0.25, 0.3) is 0 Å². The number of hydrogen-bond acceptors (Lipinski definition) is 8. The van der Waals surface area contributed by atoms with Crippen LogP contribution in [-0.2, 0) is 14.4 Å². The van der Waals surface area contributed by atoms with Crippen LogP contribution in [0, 0.1) is 0 Å². The fraction of sp³-hybridized carbons (Fsp3) is 0.692. The third kappa shape index (κ3) is 10.5. The zero-order valence-electron chi connectivity index (χ0n) is 22.3. The lowest BCUT2D eigenvalue weighted by molar-refractivity contribution is -0.145. The number of aromatic nitrogens is 1. The average molecular weight is 568 g/mol. The lowest BCUT2D eigenvalue weighted by Gasteiger charge is -2.16. The van der Waals surface area contributed by atoms with Crippen molar-refractivity contribution in [3.63, 3.8) is 0 Å². The lowest BCUT2D eigenvalue weighted by atomic mass is 10.0. The highest BCUT2D eigenvalue weighted by Gasteiger charge is 2.42. The number of rotatable bonds is 18. The van der Waals surface area contributed by atoms with Gasteiger partial charge in [0.1, 0.15) is 0 Å². The van der Waals surface area contributed by atoms with Gasteiger partial charge in [-0.3, -0.25) is 9.59 Å². The first-order valence-electron chi connectivity index (χ1n) is 13.9. The van der Waals surface area contributed by atoms with Crippen molar-refractivity contribution in [2.24, 2.45) is 0 Å². The van der Waals surface area contributed by atoms with E-state index in [1.54, 1.807) is 0 Å².